The van der Waals surface area contributed by atoms with Crippen LogP contribution < -0.4 is 4.90 Å². The van der Waals surface area contributed by atoms with E-state index in [9.17, 15) is 9.59 Å². The molecule has 1 unspecified atom stereocenters. The number of anilines is 1. The Labute approximate surface area is 136 Å². The number of thiazole rings is 1. The van der Waals surface area contributed by atoms with Crippen molar-refractivity contribution < 1.29 is 14.7 Å². The number of fused-ring (bicyclic) bond motifs is 1. The van der Waals surface area contributed by atoms with Crippen LogP contribution in [-0.2, 0) is 4.79 Å². The number of amides is 1. The Morgan fingerprint density at radius 1 is 1.41 bits per heavy atom. The number of thiophene rings is 1. The monoisotopic (exact) mass is 339 g/mol. The summed E-state index contributed by atoms with van der Waals surface area (Å²) in [6.07, 6.45) is 1.39. The highest BCUT2D eigenvalue weighted by atomic mass is 32.1. The van der Waals surface area contributed by atoms with Gasteiger partial charge in [0.05, 0.1) is 15.5 Å². The van der Waals surface area contributed by atoms with Crippen LogP contribution in [0, 0.1) is 5.92 Å². The second-order valence-corrected chi connectivity index (χ2v) is 7.64. The van der Waals surface area contributed by atoms with Gasteiger partial charge in [0.2, 0.25) is 0 Å². The molecule has 0 bridgehead atoms. The first kappa shape index (κ1) is 15.2. The van der Waals surface area contributed by atoms with Gasteiger partial charge in [-0.05, 0) is 18.9 Å². The minimum atomic E-state index is -0.818. The average molecular weight is 339 g/mol. The van der Waals surface area contributed by atoms with Crippen LogP contribution in [0.25, 0.3) is 9.53 Å². The van der Waals surface area contributed by atoms with E-state index in [1.54, 1.807) is 16.2 Å². The van der Waals surface area contributed by atoms with Crippen molar-refractivity contribution in [1.82, 2.24) is 9.88 Å². The molecule has 2 aromatic rings. The summed E-state index contributed by atoms with van der Waals surface area (Å²) in [5.41, 5.74) is 0. The number of nitrogens with zero attached hydrogens (tertiary/aromatic N) is 3. The molecule has 3 rings (SSSR count). The number of aromatic nitrogens is 1. The van der Waals surface area contributed by atoms with Crippen LogP contribution in [0.4, 0.5) is 5.13 Å². The number of carboxylic acids is 1. The smallest absolute Gasteiger partial charge is 0.308 e. The molecule has 8 heteroatoms. The minimum Gasteiger partial charge on any atom is -0.481 e. The summed E-state index contributed by atoms with van der Waals surface area (Å²) in [5, 5.41) is 10.0. The summed E-state index contributed by atoms with van der Waals surface area (Å²) >= 11 is 2.94. The van der Waals surface area contributed by atoms with E-state index in [1.807, 2.05) is 25.1 Å². The summed E-state index contributed by atoms with van der Waals surface area (Å²) in [5.74, 6) is -1.34. The van der Waals surface area contributed by atoms with Gasteiger partial charge in [0.25, 0.3) is 5.91 Å². The lowest BCUT2D eigenvalue weighted by atomic mass is 9.98. The van der Waals surface area contributed by atoms with E-state index in [2.05, 4.69) is 4.98 Å². The first-order chi connectivity index (χ1) is 10.5. The van der Waals surface area contributed by atoms with Gasteiger partial charge in [0.1, 0.15) is 4.83 Å². The zero-order valence-corrected chi connectivity index (χ0v) is 14.0. The van der Waals surface area contributed by atoms with E-state index in [4.69, 9.17) is 5.11 Å². The lowest BCUT2D eigenvalue weighted by Gasteiger charge is -2.30. The predicted octanol–water partition coefficient (Wildman–Crippen LogP) is 2.36. The van der Waals surface area contributed by atoms with Crippen LogP contribution in [0.1, 0.15) is 22.5 Å². The lowest BCUT2D eigenvalue weighted by molar-refractivity contribution is -0.143. The van der Waals surface area contributed by atoms with Crippen LogP contribution in [0.3, 0.4) is 0 Å². The molecule has 118 valence electrons. The van der Waals surface area contributed by atoms with Crippen molar-refractivity contribution >= 4 is 49.2 Å². The third-order valence-electron chi connectivity index (χ3n) is 3.73. The van der Waals surface area contributed by atoms with E-state index in [0.717, 1.165) is 21.1 Å². The molecular weight excluding hydrogens is 322 g/mol. The minimum absolute atomic E-state index is 0.0763. The zero-order chi connectivity index (χ0) is 15.9. The number of hydrogen-bond acceptors (Lipinski definition) is 6. The molecule has 0 aliphatic carbocycles. The number of likely N-dealkylation sites (tertiary alicyclic amines) is 1. The number of hydrogen-bond donors (Lipinski definition) is 1. The standard InChI is InChI=1S/C14H17N3O3S2/c1-16(2)14-15-11-9(22-14)6-10(21-11)12(18)17-5-3-4-8(7-17)13(19)20/h6,8H,3-5,7H2,1-2H3,(H,19,20). The Hall–Kier alpha value is -1.67. The molecule has 3 heterocycles. The van der Waals surface area contributed by atoms with Gasteiger partial charge in [-0.25, -0.2) is 4.98 Å². The Morgan fingerprint density at radius 2 is 2.18 bits per heavy atom. The Balaban J connectivity index is 1.79. The van der Waals surface area contributed by atoms with Crippen molar-refractivity contribution in [3.05, 3.63) is 10.9 Å². The van der Waals surface area contributed by atoms with Crippen molar-refractivity contribution in [2.24, 2.45) is 5.92 Å². The van der Waals surface area contributed by atoms with Gasteiger partial charge in [-0.3, -0.25) is 9.59 Å². The third kappa shape index (κ3) is 2.80. The highest BCUT2D eigenvalue weighted by Gasteiger charge is 2.29. The summed E-state index contributed by atoms with van der Waals surface area (Å²) in [6, 6.07) is 1.87. The summed E-state index contributed by atoms with van der Waals surface area (Å²) in [6.45, 7) is 0.931. The molecule has 1 N–H and O–H groups in total. The van der Waals surface area contributed by atoms with Crippen molar-refractivity contribution in [2.45, 2.75) is 12.8 Å². The molecule has 0 radical (unpaired) electrons. The quantitative estimate of drug-likeness (QED) is 0.929. The van der Waals surface area contributed by atoms with Crippen LogP contribution in [0.15, 0.2) is 6.07 Å². The normalized spacial score (nSPS) is 18.6. The highest BCUT2D eigenvalue weighted by molar-refractivity contribution is 7.29. The molecular formula is C14H17N3O3S2. The van der Waals surface area contributed by atoms with E-state index >= 15 is 0 Å². The van der Waals surface area contributed by atoms with Gasteiger partial charge >= 0.3 is 5.97 Å². The van der Waals surface area contributed by atoms with E-state index in [1.165, 1.54) is 11.3 Å². The van der Waals surface area contributed by atoms with Gasteiger partial charge in [0, 0.05) is 27.2 Å². The van der Waals surface area contributed by atoms with E-state index in [0.29, 0.717) is 24.4 Å². The van der Waals surface area contributed by atoms with Crippen LogP contribution in [-0.4, -0.2) is 54.1 Å². The lowest BCUT2D eigenvalue weighted by Crippen LogP contribution is -2.42. The van der Waals surface area contributed by atoms with Gasteiger partial charge < -0.3 is 14.9 Å². The van der Waals surface area contributed by atoms with Crippen LogP contribution in [0.2, 0.25) is 0 Å². The summed E-state index contributed by atoms with van der Waals surface area (Å²) < 4.78 is 1.00. The van der Waals surface area contributed by atoms with E-state index in [-0.39, 0.29) is 5.91 Å². The van der Waals surface area contributed by atoms with Crippen molar-refractivity contribution in [3.63, 3.8) is 0 Å². The van der Waals surface area contributed by atoms with Crippen LogP contribution >= 0.6 is 22.7 Å². The number of rotatable bonds is 3. The summed E-state index contributed by atoms with van der Waals surface area (Å²) in [4.78, 5) is 33.3. The van der Waals surface area contributed by atoms with Crippen molar-refractivity contribution in [2.75, 3.05) is 32.1 Å². The van der Waals surface area contributed by atoms with Crippen LogP contribution in [0.5, 0.6) is 0 Å². The molecule has 1 atom stereocenters. The number of carboxylic acid groups (broad SMARTS) is 1. The molecule has 0 aromatic carbocycles. The molecule has 22 heavy (non-hydrogen) atoms. The number of carbonyl (C=O) groups is 2. The molecule has 1 aliphatic heterocycles. The average Bonchev–Trinajstić information content (AvgIpc) is 3.05. The summed E-state index contributed by atoms with van der Waals surface area (Å²) in [7, 11) is 3.88. The fraction of sp³-hybridized carbons (Fsp3) is 0.500. The molecule has 1 aliphatic rings. The number of carbonyl (C=O) groups excluding carboxylic acids is 1. The van der Waals surface area contributed by atoms with Crippen molar-refractivity contribution in [1.29, 1.82) is 0 Å². The van der Waals surface area contributed by atoms with E-state index < -0.39 is 11.9 Å². The second-order valence-electron chi connectivity index (χ2n) is 5.60. The molecule has 0 saturated carbocycles. The highest BCUT2D eigenvalue weighted by Crippen LogP contribution is 2.34. The van der Waals surface area contributed by atoms with Gasteiger partial charge in [-0.1, -0.05) is 11.3 Å². The number of aliphatic carboxylic acids is 1. The van der Waals surface area contributed by atoms with Gasteiger partial charge in [-0.2, -0.15) is 0 Å². The fourth-order valence-corrected chi connectivity index (χ4v) is 4.64. The maximum absolute atomic E-state index is 12.6. The maximum atomic E-state index is 12.6. The Morgan fingerprint density at radius 3 is 2.82 bits per heavy atom. The first-order valence-corrected chi connectivity index (χ1v) is 8.69. The fourth-order valence-electron chi connectivity index (χ4n) is 2.54. The SMILES string of the molecule is CN(C)c1nc2sc(C(=O)N3CCCC(C(=O)O)C3)cc2s1. The number of piperidine rings is 1. The zero-order valence-electron chi connectivity index (χ0n) is 12.4. The molecule has 0 spiro atoms. The topological polar surface area (TPSA) is 73.7 Å². The maximum Gasteiger partial charge on any atom is 0.308 e. The second kappa shape index (κ2) is 5.85. The third-order valence-corrected chi connectivity index (χ3v) is 6.05. The Bertz CT molecular complexity index is 691. The molecule has 1 fully saturated rings. The molecule has 1 saturated heterocycles. The molecule has 2 aromatic heterocycles. The molecule has 1 amide bonds. The largest absolute Gasteiger partial charge is 0.481 e. The van der Waals surface area contributed by atoms with Crippen molar-refractivity contribution in [3.8, 4) is 0 Å². The molecule has 6 nitrogen and oxygen atoms in total. The van der Waals surface area contributed by atoms with Gasteiger partial charge in [0.15, 0.2) is 5.13 Å². The van der Waals surface area contributed by atoms with Gasteiger partial charge in [-0.15, -0.1) is 11.3 Å². The predicted molar refractivity (Wildman–Crippen MR) is 88.1 cm³/mol. The first-order valence-electron chi connectivity index (χ1n) is 7.05. The Kier molecular flexibility index (Phi) is 4.05.